The normalized spacial score (nSPS) is 11.1. The van der Waals surface area contributed by atoms with Crippen LogP contribution in [0.5, 0.6) is 0 Å². The van der Waals surface area contributed by atoms with Gasteiger partial charge in [-0.2, -0.15) is 4.98 Å². The molecule has 0 aliphatic heterocycles. The van der Waals surface area contributed by atoms with Gasteiger partial charge in [0.25, 0.3) is 5.56 Å². The molecule has 0 bridgehead atoms. The highest BCUT2D eigenvalue weighted by Gasteiger charge is 2.14. The van der Waals surface area contributed by atoms with Crippen molar-refractivity contribution in [1.29, 1.82) is 0 Å². The summed E-state index contributed by atoms with van der Waals surface area (Å²) in [5, 5.41) is 7.48. The lowest BCUT2D eigenvalue weighted by Crippen LogP contribution is -2.23. The van der Waals surface area contributed by atoms with Crippen LogP contribution in [0.25, 0.3) is 16.6 Å². The molecule has 130 valence electrons. The van der Waals surface area contributed by atoms with Gasteiger partial charge < -0.3 is 5.73 Å². The zero-order valence-corrected chi connectivity index (χ0v) is 14.2. The Morgan fingerprint density at radius 3 is 2.62 bits per heavy atom. The Kier molecular flexibility index (Phi) is 4.13. The number of hydrogen-bond acceptors (Lipinski definition) is 6. The molecule has 7 nitrogen and oxygen atoms in total. The van der Waals surface area contributed by atoms with E-state index in [-0.39, 0.29) is 17.3 Å². The number of thioether (sulfide) groups is 1. The zero-order valence-electron chi connectivity index (χ0n) is 13.4. The number of aromatic nitrogens is 5. The molecule has 26 heavy (non-hydrogen) atoms. The number of hydrogen-bond donors (Lipinski definition) is 2. The number of nitrogens with two attached hydrogens (primary N) is 1. The van der Waals surface area contributed by atoms with Crippen LogP contribution in [0.15, 0.2) is 58.5 Å². The summed E-state index contributed by atoms with van der Waals surface area (Å²) in [4.78, 5) is 21.7. The van der Waals surface area contributed by atoms with E-state index >= 15 is 0 Å². The molecular formula is C17H13FN6OS. The Bertz CT molecular complexity index is 1140. The SMILES string of the molecule is Nc1nc(SCc2nc3ccccc3c(=O)n2-c2ccc(F)cc2)n[nH]1. The zero-order chi connectivity index (χ0) is 18.1. The minimum atomic E-state index is -0.373. The van der Waals surface area contributed by atoms with Gasteiger partial charge in [-0.05, 0) is 36.4 Å². The number of rotatable bonds is 4. The molecule has 0 atom stereocenters. The third-order valence-electron chi connectivity index (χ3n) is 3.74. The summed E-state index contributed by atoms with van der Waals surface area (Å²) in [7, 11) is 0. The Morgan fingerprint density at radius 2 is 1.88 bits per heavy atom. The molecule has 0 amide bonds. The van der Waals surface area contributed by atoms with E-state index in [1.165, 1.54) is 28.5 Å². The van der Waals surface area contributed by atoms with Gasteiger partial charge in [0, 0.05) is 0 Å². The van der Waals surface area contributed by atoms with Crippen LogP contribution in [0.3, 0.4) is 0 Å². The number of anilines is 1. The van der Waals surface area contributed by atoms with E-state index in [9.17, 15) is 9.18 Å². The molecule has 0 aliphatic rings. The maximum atomic E-state index is 13.3. The van der Waals surface area contributed by atoms with E-state index in [0.29, 0.717) is 33.3 Å². The first-order valence-corrected chi connectivity index (χ1v) is 8.67. The van der Waals surface area contributed by atoms with Gasteiger partial charge in [-0.1, -0.05) is 23.9 Å². The van der Waals surface area contributed by atoms with Crippen LogP contribution in [0.2, 0.25) is 0 Å². The van der Waals surface area contributed by atoms with Crippen molar-refractivity contribution in [3.8, 4) is 5.69 Å². The summed E-state index contributed by atoms with van der Waals surface area (Å²) < 4.78 is 14.8. The van der Waals surface area contributed by atoms with Gasteiger partial charge >= 0.3 is 0 Å². The van der Waals surface area contributed by atoms with E-state index in [2.05, 4.69) is 20.2 Å². The van der Waals surface area contributed by atoms with Crippen molar-refractivity contribution < 1.29 is 4.39 Å². The first kappa shape index (κ1) is 16.3. The Labute approximate surface area is 151 Å². The van der Waals surface area contributed by atoms with Gasteiger partial charge in [0.1, 0.15) is 11.6 Å². The molecule has 2 heterocycles. The van der Waals surface area contributed by atoms with Crippen LogP contribution in [0.4, 0.5) is 10.3 Å². The standard InChI is InChI=1S/C17H13FN6OS/c18-10-5-7-11(8-6-10)24-14(9-26-17-21-16(19)22-23-17)20-13-4-2-1-3-12(13)15(24)25/h1-8H,9H2,(H3,19,21,22,23). The number of benzene rings is 2. The largest absolute Gasteiger partial charge is 0.368 e. The molecule has 3 N–H and O–H groups in total. The average Bonchev–Trinajstić information content (AvgIpc) is 3.07. The number of fused-ring (bicyclic) bond motifs is 1. The van der Waals surface area contributed by atoms with Crippen molar-refractivity contribution >= 4 is 28.6 Å². The second kappa shape index (κ2) is 6.60. The van der Waals surface area contributed by atoms with E-state index in [1.807, 2.05) is 6.07 Å². The van der Waals surface area contributed by atoms with Crippen molar-refractivity contribution in [2.24, 2.45) is 0 Å². The van der Waals surface area contributed by atoms with Crippen LogP contribution < -0.4 is 11.3 Å². The van der Waals surface area contributed by atoms with Crippen LogP contribution in [-0.4, -0.2) is 24.7 Å². The lowest BCUT2D eigenvalue weighted by molar-refractivity contribution is 0.627. The molecule has 4 aromatic rings. The fourth-order valence-electron chi connectivity index (χ4n) is 2.58. The number of nitrogens with one attached hydrogen (secondary N) is 1. The highest BCUT2D eigenvalue weighted by molar-refractivity contribution is 7.98. The molecule has 2 aromatic heterocycles. The molecule has 0 saturated heterocycles. The molecule has 0 spiro atoms. The number of halogens is 1. The van der Waals surface area contributed by atoms with Crippen LogP contribution >= 0.6 is 11.8 Å². The summed E-state index contributed by atoms with van der Waals surface area (Å²) in [5.74, 6) is 0.695. The minimum Gasteiger partial charge on any atom is -0.368 e. The summed E-state index contributed by atoms with van der Waals surface area (Å²) in [6.07, 6.45) is 0. The second-order valence-corrected chi connectivity index (χ2v) is 6.40. The van der Waals surface area contributed by atoms with Crippen molar-refractivity contribution in [1.82, 2.24) is 24.7 Å². The van der Waals surface area contributed by atoms with Gasteiger partial charge in [-0.15, -0.1) is 5.10 Å². The van der Waals surface area contributed by atoms with Gasteiger partial charge in [0.15, 0.2) is 0 Å². The number of nitrogen functional groups attached to an aromatic ring is 1. The summed E-state index contributed by atoms with van der Waals surface area (Å²) in [5.41, 5.74) is 6.46. The molecule has 4 rings (SSSR count). The van der Waals surface area contributed by atoms with E-state index in [1.54, 1.807) is 30.3 Å². The monoisotopic (exact) mass is 368 g/mol. The van der Waals surface area contributed by atoms with E-state index in [0.717, 1.165) is 0 Å². The molecule has 0 unspecified atom stereocenters. The third-order valence-corrected chi connectivity index (χ3v) is 4.59. The molecule has 2 aromatic carbocycles. The van der Waals surface area contributed by atoms with Crippen LogP contribution in [0, 0.1) is 5.82 Å². The fraction of sp³-hybridized carbons (Fsp3) is 0.0588. The van der Waals surface area contributed by atoms with Gasteiger partial charge in [0.2, 0.25) is 11.1 Å². The average molecular weight is 368 g/mol. The molecule has 0 saturated carbocycles. The van der Waals surface area contributed by atoms with Gasteiger partial charge in [-0.3, -0.25) is 9.36 Å². The highest BCUT2D eigenvalue weighted by Crippen LogP contribution is 2.21. The van der Waals surface area contributed by atoms with Crippen molar-refractivity contribution in [3.63, 3.8) is 0 Å². The Balaban J connectivity index is 1.84. The number of nitrogens with zero attached hydrogens (tertiary/aromatic N) is 4. The fourth-order valence-corrected chi connectivity index (χ4v) is 3.31. The smallest absolute Gasteiger partial charge is 0.265 e. The van der Waals surface area contributed by atoms with E-state index < -0.39 is 0 Å². The molecule has 0 fully saturated rings. The first-order valence-electron chi connectivity index (χ1n) is 7.69. The maximum Gasteiger partial charge on any atom is 0.265 e. The van der Waals surface area contributed by atoms with Crippen LogP contribution in [-0.2, 0) is 5.75 Å². The topological polar surface area (TPSA) is 102 Å². The van der Waals surface area contributed by atoms with E-state index in [4.69, 9.17) is 5.73 Å². The summed E-state index contributed by atoms with van der Waals surface area (Å²) in [6.45, 7) is 0. The van der Waals surface area contributed by atoms with Gasteiger partial charge in [-0.25, -0.2) is 14.5 Å². The predicted octanol–water partition coefficient (Wildman–Crippen LogP) is 2.52. The lowest BCUT2D eigenvalue weighted by atomic mass is 10.2. The van der Waals surface area contributed by atoms with Crippen LogP contribution in [0.1, 0.15) is 5.82 Å². The van der Waals surface area contributed by atoms with Crippen molar-refractivity contribution in [3.05, 3.63) is 70.5 Å². The minimum absolute atomic E-state index is 0.215. The summed E-state index contributed by atoms with van der Waals surface area (Å²) >= 11 is 1.29. The first-order chi connectivity index (χ1) is 12.6. The lowest BCUT2D eigenvalue weighted by Gasteiger charge is -2.13. The van der Waals surface area contributed by atoms with Crippen molar-refractivity contribution in [2.75, 3.05) is 5.73 Å². The molecular weight excluding hydrogens is 355 g/mol. The van der Waals surface area contributed by atoms with Crippen molar-refractivity contribution in [2.45, 2.75) is 10.9 Å². The highest BCUT2D eigenvalue weighted by atomic mass is 32.2. The Morgan fingerprint density at radius 1 is 1.12 bits per heavy atom. The number of H-pyrrole nitrogens is 1. The predicted molar refractivity (Wildman–Crippen MR) is 97.7 cm³/mol. The molecule has 9 heteroatoms. The quantitative estimate of drug-likeness (QED) is 0.537. The second-order valence-electron chi connectivity index (χ2n) is 5.45. The van der Waals surface area contributed by atoms with Gasteiger partial charge in [0.05, 0.1) is 22.3 Å². The number of para-hydroxylation sites is 1. The maximum absolute atomic E-state index is 13.3. The molecule has 0 radical (unpaired) electrons. The molecule has 0 aliphatic carbocycles. The third kappa shape index (κ3) is 3.04. The Hall–Kier alpha value is -3.20. The summed E-state index contributed by atoms with van der Waals surface area (Å²) in [6, 6.07) is 12.8. The number of aromatic amines is 1.